The monoisotopic (exact) mass is 370 g/mol. The molecule has 2 aromatic rings. The first kappa shape index (κ1) is 18.6. The highest BCUT2D eigenvalue weighted by molar-refractivity contribution is 6.09. The molecule has 27 heavy (non-hydrogen) atoms. The van der Waals surface area contributed by atoms with Crippen molar-refractivity contribution in [3.63, 3.8) is 0 Å². The lowest BCUT2D eigenvalue weighted by Gasteiger charge is -2.13. The Labute approximate surface area is 156 Å². The molecule has 0 saturated heterocycles. The molecule has 1 aromatic carbocycles. The summed E-state index contributed by atoms with van der Waals surface area (Å²) < 4.78 is 0. The van der Waals surface area contributed by atoms with E-state index in [1.54, 1.807) is 24.3 Å². The summed E-state index contributed by atoms with van der Waals surface area (Å²) in [5.74, 6) is 0.308. The van der Waals surface area contributed by atoms with E-state index in [0.29, 0.717) is 23.0 Å². The fourth-order valence-corrected chi connectivity index (χ4v) is 2.81. The number of hydrogen-bond acceptors (Lipinski definition) is 5. The topological polar surface area (TPSA) is 129 Å². The number of aromatic nitrogens is 3. The number of carbonyl (C=O) groups excluding carboxylic acids is 3. The molecule has 1 aromatic heterocycles. The highest BCUT2D eigenvalue weighted by atomic mass is 16.2. The maximum Gasteiger partial charge on any atom is 0.254 e. The molecule has 0 radical (unpaired) electrons. The fraction of sp³-hybridized carbons (Fsp3) is 0.389. The van der Waals surface area contributed by atoms with Gasteiger partial charge in [-0.2, -0.15) is 4.98 Å². The number of hydrogen-bond donors (Lipinski definition) is 4. The molecule has 1 atom stereocenters. The highest BCUT2D eigenvalue weighted by Gasteiger charge is 2.27. The first-order chi connectivity index (χ1) is 12.9. The lowest BCUT2D eigenvalue weighted by molar-refractivity contribution is -0.118. The van der Waals surface area contributed by atoms with Gasteiger partial charge < -0.3 is 10.6 Å². The Morgan fingerprint density at radius 1 is 1.26 bits per heavy atom. The third-order valence-electron chi connectivity index (χ3n) is 4.10. The van der Waals surface area contributed by atoms with E-state index >= 15 is 0 Å². The molecule has 0 unspecified atom stereocenters. The molecule has 3 amide bonds. The molecule has 0 aliphatic carbocycles. The van der Waals surface area contributed by atoms with Crippen molar-refractivity contribution in [3.8, 4) is 0 Å². The number of nitrogens with zero attached hydrogens (tertiary/aromatic N) is 2. The number of para-hydroxylation sites is 1. The van der Waals surface area contributed by atoms with Gasteiger partial charge in [-0.3, -0.25) is 24.8 Å². The molecular weight excluding hydrogens is 348 g/mol. The lowest BCUT2D eigenvalue weighted by atomic mass is 10.1. The third kappa shape index (κ3) is 4.69. The van der Waals surface area contributed by atoms with Gasteiger partial charge in [-0.05, 0) is 24.5 Å². The van der Waals surface area contributed by atoms with Crippen LogP contribution in [0.3, 0.4) is 0 Å². The van der Waals surface area contributed by atoms with Crippen molar-refractivity contribution < 1.29 is 14.4 Å². The molecule has 4 N–H and O–H groups in total. The number of carbonyl (C=O) groups is 3. The van der Waals surface area contributed by atoms with Crippen LogP contribution in [0.5, 0.6) is 0 Å². The van der Waals surface area contributed by atoms with Crippen LogP contribution in [0.15, 0.2) is 24.3 Å². The van der Waals surface area contributed by atoms with Crippen LogP contribution in [0.4, 0.5) is 11.6 Å². The van der Waals surface area contributed by atoms with Gasteiger partial charge in [0.2, 0.25) is 17.8 Å². The van der Waals surface area contributed by atoms with Crippen molar-refractivity contribution in [1.29, 1.82) is 0 Å². The first-order valence-corrected chi connectivity index (χ1v) is 8.84. The summed E-state index contributed by atoms with van der Waals surface area (Å²) in [4.78, 5) is 40.9. The van der Waals surface area contributed by atoms with Crippen LogP contribution in [0.1, 0.15) is 42.9 Å². The van der Waals surface area contributed by atoms with Crippen molar-refractivity contribution in [2.45, 2.75) is 39.2 Å². The maximum atomic E-state index is 12.3. The zero-order valence-electron chi connectivity index (χ0n) is 15.2. The minimum absolute atomic E-state index is 0.0444. The minimum Gasteiger partial charge on any atom is -0.340 e. The van der Waals surface area contributed by atoms with Crippen LogP contribution in [0.2, 0.25) is 0 Å². The van der Waals surface area contributed by atoms with Gasteiger partial charge in [0.1, 0.15) is 11.9 Å². The maximum absolute atomic E-state index is 12.3. The van der Waals surface area contributed by atoms with E-state index in [2.05, 4.69) is 45.0 Å². The van der Waals surface area contributed by atoms with Crippen LogP contribution in [0.25, 0.3) is 0 Å². The van der Waals surface area contributed by atoms with Gasteiger partial charge in [0.15, 0.2) is 0 Å². The number of nitrogens with one attached hydrogen (secondary N) is 4. The first-order valence-electron chi connectivity index (χ1n) is 8.84. The quantitative estimate of drug-likeness (QED) is 0.612. The second-order valence-corrected chi connectivity index (χ2v) is 6.85. The van der Waals surface area contributed by atoms with Crippen molar-refractivity contribution in [2.24, 2.45) is 5.92 Å². The summed E-state index contributed by atoms with van der Waals surface area (Å²) in [7, 11) is 0. The Morgan fingerprint density at radius 3 is 2.81 bits per heavy atom. The molecule has 1 aliphatic rings. The number of amides is 3. The van der Waals surface area contributed by atoms with E-state index in [0.717, 1.165) is 6.42 Å². The van der Waals surface area contributed by atoms with Crippen LogP contribution in [0, 0.1) is 5.92 Å². The van der Waals surface area contributed by atoms with Crippen LogP contribution in [-0.2, 0) is 16.0 Å². The van der Waals surface area contributed by atoms with Crippen LogP contribution >= 0.6 is 0 Å². The molecule has 2 heterocycles. The standard InChI is InChI=1S/C18H22N6O3/c1-10(2)9-14-21-18(24-23-14)22-15(25)8-7-13-17(27)19-12-6-4-3-5-11(12)16(26)20-13/h3-6,10,13H,7-9H2,1-2H3,(H,19,27)(H,20,26)(H2,21,22,23,24,25)/t13-/m1/s1. The SMILES string of the molecule is CC(C)Cc1nc(NC(=O)CC[C@H]2NC(=O)c3ccccc3NC2=O)n[nH]1. The predicted octanol–water partition coefficient (Wildman–Crippen LogP) is 1.47. The number of fused-ring (bicyclic) bond motifs is 1. The summed E-state index contributed by atoms with van der Waals surface area (Å²) in [6.45, 7) is 4.12. The Balaban J connectivity index is 1.55. The second kappa shape index (κ2) is 7.98. The zero-order valence-corrected chi connectivity index (χ0v) is 15.2. The largest absolute Gasteiger partial charge is 0.340 e. The Bertz CT molecular complexity index is 860. The smallest absolute Gasteiger partial charge is 0.254 e. The molecule has 9 nitrogen and oxygen atoms in total. The predicted molar refractivity (Wildman–Crippen MR) is 99.1 cm³/mol. The van der Waals surface area contributed by atoms with Gasteiger partial charge in [0.05, 0.1) is 11.3 Å². The van der Waals surface area contributed by atoms with E-state index in [9.17, 15) is 14.4 Å². The molecule has 9 heteroatoms. The Hall–Kier alpha value is -3.23. The lowest BCUT2D eigenvalue weighted by Crippen LogP contribution is -2.41. The van der Waals surface area contributed by atoms with Crippen molar-refractivity contribution >= 4 is 29.4 Å². The summed E-state index contributed by atoms with van der Waals surface area (Å²) in [6.07, 6.45) is 0.946. The van der Waals surface area contributed by atoms with Gasteiger partial charge in [-0.15, -0.1) is 5.10 Å². The van der Waals surface area contributed by atoms with E-state index < -0.39 is 6.04 Å². The van der Waals surface area contributed by atoms with E-state index in [-0.39, 0.29) is 36.5 Å². The number of rotatable bonds is 6. The van der Waals surface area contributed by atoms with Gasteiger partial charge in [0, 0.05) is 12.8 Å². The number of benzene rings is 1. The fourth-order valence-electron chi connectivity index (χ4n) is 2.81. The molecule has 3 rings (SSSR count). The summed E-state index contributed by atoms with van der Waals surface area (Å²) in [5, 5.41) is 14.7. The molecule has 0 fully saturated rings. The highest BCUT2D eigenvalue weighted by Crippen LogP contribution is 2.19. The number of aromatic amines is 1. The zero-order chi connectivity index (χ0) is 19.4. The molecule has 0 spiro atoms. The van der Waals surface area contributed by atoms with Crippen molar-refractivity contribution in [3.05, 3.63) is 35.7 Å². The molecular formula is C18H22N6O3. The van der Waals surface area contributed by atoms with E-state index in [1.165, 1.54) is 0 Å². The van der Waals surface area contributed by atoms with E-state index in [1.807, 2.05) is 0 Å². The van der Waals surface area contributed by atoms with Crippen molar-refractivity contribution in [1.82, 2.24) is 20.5 Å². The summed E-state index contributed by atoms with van der Waals surface area (Å²) in [6, 6.07) is 5.98. The normalized spacial score (nSPS) is 16.3. The Morgan fingerprint density at radius 2 is 2.04 bits per heavy atom. The molecule has 0 bridgehead atoms. The average molecular weight is 370 g/mol. The number of H-pyrrole nitrogens is 1. The summed E-state index contributed by atoms with van der Waals surface area (Å²) in [5.41, 5.74) is 0.863. The molecule has 142 valence electrons. The second-order valence-electron chi connectivity index (χ2n) is 6.85. The number of anilines is 2. The van der Waals surface area contributed by atoms with Crippen LogP contribution in [-0.4, -0.2) is 38.9 Å². The van der Waals surface area contributed by atoms with Gasteiger partial charge >= 0.3 is 0 Å². The Kier molecular flexibility index (Phi) is 5.49. The van der Waals surface area contributed by atoms with Gasteiger partial charge in [-0.1, -0.05) is 26.0 Å². The van der Waals surface area contributed by atoms with Crippen molar-refractivity contribution in [2.75, 3.05) is 10.6 Å². The van der Waals surface area contributed by atoms with Crippen LogP contribution < -0.4 is 16.0 Å². The molecule has 0 saturated carbocycles. The minimum atomic E-state index is -0.792. The molecule has 1 aliphatic heterocycles. The average Bonchev–Trinajstić information content (AvgIpc) is 2.99. The van der Waals surface area contributed by atoms with Gasteiger partial charge in [-0.25, -0.2) is 0 Å². The third-order valence-corrected chi connectivity index (χ3v) is 4.10. The van der Waals surface area contributed by atoms with Gasteiger partial charge in [0.25, 0.3) is 5.91 Å². The van der Waals surface area contributed by atoms with E-state index in [4.69, 9.17) is 0 Å². The summed E-state index contributed by atoms with van der Waals surface area (Å²) >= 11 is 0.